The summed E-state index contributed by atoms with van der Waals surface area (Å²) in [5, 5.41) is 0. The van der Waals surface area contributed by atoms with Gasteiger partial charge in [-0.25, -0.2) is 0 Å². The van der Waals surface area contributed by atoms with Gasteiger partial charge in [-0.3, -0.25) is 0 Å². The molecular weight excluding hydrogens is 182 g/mol. The van der Waals surface area contributed by atoms with Crippen molar-refractivity contribution >= 4 is 0 Å². The third-order valence-corrected chi connectivity index (χ3v) is 4.39. The predicted molar refractivity (Wildman–Crippen MR) is 63.0 cm³/mol. The lowest BCUT2D eigenvalue weighted by molar-refractivity contribution is 0.501. The summed E-state index contributed by atoms with van der Waals surface area (Å²) < 4.78 is 0. The normalized spacial score (nSPS) is 25.0. The summed E-state index contributed by atoms with van der Waals surface area (Å²) in [6, 6.07) is 6.83. The van der Waals surface area contributed by atoms with Gasteiger partial charge in [0.2, 0.25) is 0 Å². The second kappa shape index (κ2) is 2.65. The number of benzene rings is 1. The van der Waals surface area contributed by atoms with E-state index in [-0.39, 0.29) is 5.54 Å². The average molecular weight is 201 g/mol. The van der Waals surface area contributed by atoms with E-state index in [1.54, 1.807) is 0 Å². The monoisotopic (exact) mass is 201 g/mol. The molecule has 80 valence electrons. The second-order valence-corrected chi connectivity index (χ2v) is 5.56. The van der Waals surface area contributed by atoms with Gasteiger partial charge in [0.15, 0.2) is 0 Å². The molecule has 1 aromatic carbocycles. The quantitative estimate of drug-likeness (QED) is 0.782. The van der Waals surface area contributed by atoms with E-state index in [1.807, 2.05) is 0 Å². The van der Waals surface area contributed by atoms with Crippen molar-refractivity contribution < 1.29 is 0 Å². The van der Waals surface area contributed by atoms with Crippen LogP contribution in [0.5, 0.6) is 0 Å². The van der Waals surface area contributed by atoms with E-state index in [0.29, 0.717) is 5.41 Å². The van der Waals surface area contributed by atoms with Crippen molar-refractivity contribution in [1.82, 2.24) is 0 Å². The zero-order chi connectivity index (χ0) is 10.7. The molecule has 2 fully saturated rings. The Bertz CT molecular complexity index is 411. The van der Waals surface area contributed by atoms with E-state index in [0.717, 1.165) is 0 Å². The fraction of sp³-hybridized carbons (Fsp3) is 0.571. The van der Waals surface area contributed by atoms with E-state index in [9.17, 15) is 0 Å². The maximum absolute atomic E-state index is 6.43. The molecular formula is C14H19N. The number of hydrogen-bond donors (Lipinski definition) is 1. The maximum atomic E-state index is 6.43. The van der Waals surface area contributed by atoms with Crippen LogP contribution in [0.2, 0.25) is 0 Å². The molecule has 2 N–H and O–H groups in total. The van der Waals surface area contributed by atoms with Crippen LogP contribution in [0.1, 0.15) is 42.4 Å². The first-order valence-electron chi connectivity index (χ1n) is 5.94. The van der Waals surface area contributed by atoms with E-state index >= 15 is 0 Å². The molecule has 0 atom stereocenters. The van der Waals surface area contributed by atoms with Gasteiger partial charge < -0.3 is 5.73 Å². The van der Waals surface area contributed by atoms with Gasteiger partial charge in [-0.2, -0.15) is 0 Å². The molecule has 0 saturated heterocycles. The summed E-state index contributed by atoms with van der Waals surface area (Å²) in [6.07, 6.45) is 5.04. The zero-order valence-electron chi connectivity index (χ0n) is 9.64. The van der Waals surface area contributed by atoms with E-state index in [2.05, 4.69) is 32.0 Å². The lowest BCUT2D eigenvalue weighted by atomic mass is 9.83. The van der Waals surface area contributed by atoms with Crippen molar-refractivity contribution in [1.29, 1.82) is 0 Å². The van der Waals surface area contributed by atoms with Crippen LogP contribution in [0.4, 0.5) is 0 Å². The molecule has 15 heavy (non-hydrogen) atoms. The van der Waals surface area contributed by atoms with Crippen molar-refractivity contribution in [3.8, 4) is 0 Å². The number of nitrogens with two attached hydrogens (primary N) is 1. The number of rotatable bonds is 2. The highest BCUT2D eigenvalue weighted by atomic mass is 14.9. The van der Waals surface area contributed by atoms with Crippen LogP contribution < -0.4 is 5.73 Å². The fourth-order valence-electron chi connectivity index (χ4n) is 3.12. The molecule has 0 heterocycles. The molecule has 2 aliphatic rings. The number of aryl methyl sites for hydroxylation is 2. The van der Waals surface area contributed by atoms with Gasteiger partial charge in [0.05, 0.1) is 0 Å². The van der Waals surface area contributed by atoms with Crippen LogP contribution in [0.25, 0.3) is 0 Å². The first-order chi connectivity index (χ1) is 7.07. The van der Waals surface area contributed by atoms with E-state index in [1.165, 1.54) is 42.4 Å². The molecule has 0 aromatic heterocycles. The molecule has 0 bridgehead atoms. The molecule has 0 amide bonds. The number of hydrogen-bond acceptors (Lipinski definition) is 1. The summed E-state index contributed by atoms with van der Waals surface area (Å²) in [4.78, 5) is 0. The highest BCUT2D eigenvalue weighted by molar-refractivity contribution is 5.46. The van der Waals surface area contributed by atoms with Gasteiger partial charge in [0, 0.05) is 11.0 Å². The third kappa shape index (κ3) is 1.19. The minimum atomic E-state index is 0.146. The molecule has 1 aromatic rings. The van der Waals surface area contributed by atoms with E-state index < -0.39 is 0 Å². The van der Waals surface area contributed by atoms with Crippen LogP contribution in [0.15, 0.2) is 18.2 Å². The Labute approximate surface area is 91.7 Å². The van der Waals surface area contributed by atoms with Crippen molar-refractivity contribution in [2.75, 3.05) is 0 Å². The van der Waals surface area contributed by atoms with Crippen molar-refractivity contribution in [3.63, 3.8) is 0 Å². The van der Waals surface area contributed by atoms with Gasteiger partial charge in [-0.05, 0) is 50.7 Å². The van der Waals surface area contributed by atoms with Gasteiger partial charge in [0.25, 0.3) is 0 Å². The smallest absolute Gasteiger partial charge is 0.0253 e. The highest BCUT2D eigenvalue weighted by Crippen LogP contribution is 2.64. The minimum Gasteiger partial charge on any atom is -0.324 e. The van der Waals surface area contributed by atoms with Crippen LogP contribution in [-0.4, -0.2) is 5.54 Å². The van der Waals surface area contributed by atoms with Crippen LogP contribution in [0, 0.1) is 13.8 Å². The van der Waals surface area contributed by atoms with Gasteiger partial charge in [-0.1, -0.05) is 23.8 Å². The minimum absolute atomic E-state index is 0.146. The molecule has 0 aliphatic heterocycles. The topological polar surface area (TPSA) is 26.0 Å². The highest BCUT2D eigenvalue weighted by Gasteiger charge is 2.64. The van der Waals surface area contributed by atoms with Crippen LogP contribution >= 0.6 is 0 Å². The summed E-state index contributed by atoms with van der Waals surface area (Å²) in [7, 11) is 0. The van der Waals surface area contributed by atoms with Crippen LogP contribution in [0.3, 0.4) is 0 Å². The molecule has 3 rings (SSSR count). The summed E-state index contributed by atoms with van der Waals surface area (Å²) in [5.41, 5.74) is 11.2. The Hall–Kier alpha value is -0.820. The standard InChI is InChI=1S/C14H19N/c1-10-3-4-12(11(2)9-10)13(5-6-13)14(15)7-8-14/h3-4,9H,5-8,15H2,1-2H3. The van der Waals surface area contributed by atoms with Crippen molar-refractivity contribution in [2.45, 2.75) is 50.5 Å². The Kier molecular flexibility index (Phi) is 1.66. The maximum Gasteiger partial charge on any atom is 0.0253 e. The Morgan fingerprint density at radius 1 is 1.07 bits per heavy atom. The van der Waals surface area contributed by atoms with Gasteiger partial charge >= 0.3 is 0 Å². The summed E-state index contributed by atoms with van der Waals surface area (Å²) in [5.74, 6) is 0. The SMILES string of the molecule is Cc1ccc(C2(C3(N)CC3)CC2)c(C)c1. The largest absolute Gasteiger partial charge is 0.324 e. The summed E-state index contributed by atoms with van der Waals surface area (Å²) >= 11 is 0. The predicted octanol–water partition coefficient (Wildman–Crippen LogP) is 2.83. The molecule has 0 spiro atoms. The van der Waals surface area contributed by atoms with E-state index in [4.69, 9.17) is 5.73 Å². The summed E-state index contributed by atoms with van der Waals surface area (Å²) in [6.45, 7) is 4.39. The molecule has 0 unspecified atom stereocenters. The lowest BCUT2D eigenvalue weighted by Crippen LogP contribution is -2.37. The first-order valence-corrected chi connectivity index (χ1v) is 5.94. The Morgan fingerprint density at radius 3 is 2.20 bits per heavy atom. The molecule has 1 heteroatoms. The first kappa shape index (κ1) is 9.41. The Morgan fingerprint density at radius 2 is 1.73 bits per heavy atom. The average Bonchev–Trinajstić information content (AvgIpc) is 3.01. The zero-order valence-corrected chi connectivity index (χ0v) is 9.64. The van der Waals surface area contributed by atoms with Crippen molar-refractivity contribution in [3.05, 3.63) is 34.9 Å². The van der Waals surface area contributed by atoms with Gasteiger partial charge in [0.1, 0.15) is 0 Å². The molecule has 2 aliphatic carbocycles. The molecule has 0 radical (unpaired) electrons. The lowest BCUT2D eigenvalue weighted by Gasteiger charge is -2.25. The van der Waals surface area contributed by atoms with Gasteiger partial charge in [-0.15, -0.1) is 0 Å². The molecule has 2 saturated carbocycles. The second-order valence-electron chi connectivity index (χ2n) is 5.56. The molecule has 1 nitrogen and oxygen atoms in total. The Balaban J connectivity index is 2.06. The van der Waals surface area contributed by atoms with Crippen molar-refractivity contribution in [2.24, 2.45) is 5.73 Å². The van der Waals surface area contributed by atoms with Crippen LogP contribution in [-0.2, 0) is 5.41 Å². The fourth-order valence-corrected chi connectivity index (χ4v) is 3.12. The third-order valence-electron chi connectivity index (χ3n) is 4.39.